The highest BCUT2D eigenvalue weighted by Crippen LogP contribution is 2.36. The molecule has 4 rings (SSSR count). The van der Waals surface area contributed by atoms with Gasteiger partial charge >= 0.3 is 11.9 Å². The van der Waals surface area contributed by atoms with E-state index < -0.39 is 17.2 Å². The minimum atomic E-state index is -0.608. The molecule has 1 amide bonds. The van der Waals surface area contributed by atoms with Crippen molar-refractivity contribution < 1.29 is 23.9 Å². The van der Waals surface area contributed by atoms with Gasteiger partial charge in [-0.15, -0.1) is 11.3 Å². The molecule has 0 aliphatic carbocycles. The fraction of sp³-hybridized carbons (Fsp3) is 0.241. The van der Waals surface area contributed by atoms with Gasteiger partial charge in [0.15, 0.2) is 5.16 Å². The second-order valence-corrected chi connectivity index (χ2v) is 10.8. The number of thioether (sulfide) groups is 1. The van der Waals surface area contributed by atoms with Gasteiger partial charge in [-0.2, -0.15) is 0 Å². The van der Waals surface area contributed by atoms with E-state index in [9.17, 15) is 14.4 Å². The van der Waals surface area contributed by atoms with Crippen LogP contribution in [0.4, 0.5) is 5.00 Å². The zero-order valence-corrected chi connectivity index (χ0v) is 23.7. The number of amides is 1. The first-order valence-corrected chi connectivity index (χ1v) is 14.2. The Morgan fingerprint density at radius 1 is 0.949 bits per heavy atom. The van der Waals surface area contributed by atoms with E-state index in [0.717, 1.165) is 33.9 Å². The Kier molecular flexibility index (Phi) is 9.21. The van der Waals surface area contributed by atoms with Crippen molar-refractivity contribution in [3.05, 3.63) is 76.7 Å². The lowest BCUT2D eigenvalue weighted by Gasteiger charge is -2.11. The third-order valence-electron chi connectivity index (χ3n) is 5.77. The molecule has 2 heterocycles. The van der Waals surface area contributed by atoms with E-state index in [2.05, 4.69) is 10.3 Å². The number of nitrogens with one attached hydrogen (secondary N) is 2. The summed E-state index contributed by atoms with van der Waals surface area (Å²) >= 11 is 2.26. The van der Waals surface area contributed by atoms with Crippen LogP contribution >= 0.6 is 23.1 Å². The maximum absolute atomic E-state index is 13.3. The quantitative estimate of drug-likeness (QED) is 0.165. The number of ether oxygens (including phenoxy) is 2. The zero-order chi connectivity index (χ0) is 27.9. The number of rotatable bonds is 10. The summed E-state index contributed by atoms with van der Waals surface area (Å²) in [5.74, 6) is -1.50. The number of aromatic amines is 1. The molecule has 0 fully saturated rings. The Labute approximate surface area is 235 Å². The van der Waals surface area contributed by atoms with Crippen LogP contribution in [0.1, 0.15) is 46.4 Å². The number of hydrogen-bond donors (Lipinski definition) is 2. The Morgan fingerprint density at radius 2 is 1.54 bits per heavy atom. The zero-order valence-electron chi connectivity index (χ0n) is 22.1. The number of carbonyl (C=O) groups excluding carboxylic acids is 3. The molecule has 0 aliphatic heterocycles. The monoisotopic (exact) mass is 563 g/mol. The number of benzene rings is 2. The van der Waals surface area contributed by atoms with Crippen LogP contribution in [0.5, 0.6) is 0 Å². The highest BCUT2D eigenvalue weighted by atomic mass is 32.2. The summed E-state index contributed by atoms with van der Waals surface area (Å²) in [4.78, 5) is 46.8. The van der Waals surface area contributed by atoms with Gasteiger partial charge in [-0.25, -0.2) is 14.6 Å². The molecule has 0 saturated heterocycles. The molecule has 1 unspecified atom stereocenters. The first-order valence-electron chi connectivity index (χ1n) is 12.5. The average molecular weight is 564 g/mol. The topological polar surface area (TPSA) is 110 Å². The van der Waals surface area contributed by atoms with Crippen LogP contribution in [-0.2, 0) is 14.3 Å². The second kappa shape index (κ2) is 12.8. The van der Waals surface area contributed by atoms with Gasteiger partial charge in [0.05, 0.1) is 35.4 Å². The van der Waals surface area contributed by atoms with E-state index in [4.69, 9.17) is 14.5 Å². The number of thiophene rings is 1. The summed E-state index contributed by atoms with van der Waals surface area (Å²) in [5, 5.41) is 3.07. The van der Waals surface area contributed by atoms with Gasteiger partial charge < -0.3 is 19.8 Å². The Bertz CT molecular complexity index is 1410. The highest BCUT2D eigenvalue weighted by molar-refractivity contribution is 8.00. The Balaban J connectivity index is 1.60. The molecular weight excluding hydrogens is 534 g/mol. The maximum Gasteiger partial charge on any atom is 0.348 e. The summed E-state index contributed by atoms with van der Waals surface area (Å²) in [5.41, 5.74) is 4.15. The highest BCUT2D eigenvalue weighted by Gasteiger charge is 2.29. The van der Waals surface area contributed by atoms with Crippen LogP contribution in [0.3, 0.4) is 0 Å². The number of H-pyrrole nitrogens is 1. The first kappa shape index (κ1) is 28.1. The molecule has 2 N–H and O–H groups in total. The molecule has 8 nitrogen and oxygen atoms in total. The molecule has 0 saturated carbocycles. The molecule has 10 heteroatoms. The summed E-state index contributed by atoms with van der Waals surface area (Å²) in [7, 11) is 0. The van der Waals surface area contributed by atoms with Crippen LogP contribution in [0.15, 0.2) is 65.8 Å². The van der Waals surface area contributed by atoms with E-state index in [0.29, 0.717) is 10.7 Å². The number of nitrogens with zero attached hydrogens (tertiary/aromatic N) is 1. The molecule has 2 aromatic heterocycles. The molecule has 0 radical (unpaired) electrons. The van der Waals surface area contributed by atoms with Crippen LogP contribution in [-0.4, -0.2) is 46.3 Å². The summed E-state index contributed by atoms with van der Waals surface area (Å²) in [6.45, 7) is 7.15. The van der Waals surface area contributed by atoms with Crippen molar-refractivity contribution in [2.75, 3.05) is 18.5 Å². The van der Waals surface area contributed by atoms with Crippen molar-refractivity contribution in [3.8, 4) is 22.5 Å². The van der Waals surface area contributed by atoms with E-state index in [1.54, 1.807) is 27.7 Å². The van der Waals surface area contributed by atoms with E-state index in [1.165, 1.54) is 11.8 Å². The van der Waals surface area contributed by atoms with Gasteiger partial charge in [0.1, 0.15) is 9.88 Å². The van der Waals surface area contributed by atoms with Crippen molar-refractivity contribution in [2.45, 2.75) is 38.1 Å². The van der Waals surface area contributed by atoms with Crippen molar-refractivity contribution in [1.82, 2.24) is 9.97 Å². The summed E-state index contributed by atoms with van der Waals surface area (Å²) < 4.78 is 10.3. The third-order valence-corrected chi connectivity index (χ3v) is 7.94. The van der Waals surface area contributed by atoms with Crippen LogP contribution < -0.4 is 5.32 Å². The van der Waals surface area contributed by atoms with Crippen LogP contribution in [0.25, 0.3) is 22.5 Å². The number of hydrogen-bond acceptors (Lipinski definition) is 8. The predicted molar refractivity (Wildman–Crippen MR) is 154 cm³/mol. The van der Waals surface area contributed by atoms with Gasteiger partial charge in [0, 0.05) is 11.1 Å². The lowest BCUT2D eigenvalue weighted by atomic mass is 10.1. The average Bonchev–Trinajstić information content (AvgIpc) is 3.50. The van der Waals surface area contributed by atoms with Gasteiger partial charge in [-0.05, 0) is 33.3 Å². The lowest BCUT2D eigenvalue weighted by molar-refractivity contribution is -0.115. The molecule has 4 aromatic rings. The fourth-order valence-corrected chi connectivity index (χ4v) is 5.80. The van der Waals surface area contributed by atoms with Crippen molar-refractivity contribution in [3.63, 3.8) is 0 Å². The molecule has 202 valence electrons. The van der Waals surface area contributed by atoms with Crippen molar-refractivity contribution in [2.24, 2.45) is 0 Å². The molecule has 2 aromatic carbocycles. The molecule has 0 spiro atoms. The minimum absolute atomic E-state index is 0.158. The van der Waals surface area contributed by atoms with Gasteiger partial charge in [0.25, 0.3) is 0 Å². The number of anilines is 1. The maximum atomic E-state index is 13.3. The Morgan fingerprint density at radius 3 is 2.15 bits per heavy atom. The number of esters is 2. The molecule has 39 heavy (non-hydrogen) atoms. The van der Waals surface area contributed by atoms with E-state index in [1.807, 2.05) is 60.7 Å². The van der Waals surface area contributed by atoms with Crippen LogP contribution in [0, 0.1) is 6.92 Å². The molecule has 0 aliphatic rings. The van der Waals surface area contributed by atoms with Gasteiger partial charge in [0.2, 0.25) is 5.91 Å². The molecule has 1 atom stereocenters. The molecular formula is C29H29N3O5S2. The minimum Gasteiger partial charge on any atom is -0.462 e. The van der Waals surface area contributed by atoms with E-state index in [-0.39, 0.29) is 34.6 Å². The number of aromatic nitrogens is 2. The predicted octanol–water partition coefficient (Wildman–Crippen LogP) is 6.59. The Hall–Kier alpha value is -3.89. The van der Waals surface area contributed by atoms with Gasteiger partial charge in [-0.3, -0.25) is 4.79 Å². The lowest BCUT2D eigenvalue weighted by Crippen LogP contribution is -2.23. The summed E-state index contributed by atoms with van der Waals surface area (Å²) in [6, 6.07) is 19.7. The summed E-state index contributed by atoms with van der Waals surface area (Å²) in [6.07, 6.45) is 0. The standard InChI is InChI=1S/C29H29N3O5S2/c1-5-36-27(34)21-17(3)24(28(35)37-6-2)39-26(21)32-25(33)18(4)38-29-30-22(19-13-9-7-10-14-19)23(31-29)20-15-11-8-12-16-20/h7-16,18H,5-6H2,1-4H3,(H,30,31)(H,32,33). The SMILES string of the molecule is CCOC(=O)c1sc(NC(=O)C(C)Sc2nc(-c3ccccc3)c(-c3ccccc3)[nH]2)c(C(=O)OCC)c1C. The fourth-order valence-electron chi connectivity index (χ4n) is 3.90. The van der Waals surface area contributed by atoms with Gasteiger partial charge in [-0.1, -0.05) is 72.4 Å². The van der Waals surface area contributed by atoms with Crippen LogP contribution in [0.2, 0.25) is 0 Å². The second-order valence-electron chi connectivity index (χ2n) is 8.45. The largest absolute Gasteiger partial charge is 0.462 e. The number of imidazole rings is 1. The smallest absolute Gasteiger partial charge is 0.348 e. The number of carbonyl (C=O) groups is 3. The first-order chi connectivity index (χ1) is 18.8. The normalized spacial score (nSPS) is 11.6. The van der Waals surface area contributed by atoms with Crippen molar-refractivity contribution in [1.29, 1.82) is 0 Å². The molecule has 0 bridgehead atoms. The van der Waals surface area contributed by atoms with Crippen molar-refractivity contribution >= 4 is 45.9 Å². The third kappa shape index (κ3) is 6.40. The van der Waals surface area contributed by atoms with E-state index >= 15 is 0 Å².